The number of fused-ring (bicyclic) bond motifs is 1. The highest BCUT2D eigenvalue weighted by Gasteiger charge is 2.15. The first-order valence-electron chi connectivity index (χ1n) is 7.02. The molecule has 0 saturated heterocycles. The van der Waals surface area contributed by atoms with Crippen LogP contribution in [0.1, 0.15) is 15.9 Å². The van der Waals surface area contributed by atoms with Gasteiger partial charge in [0.05, 0.1) is 10.9 Å². The molecule has 1 aromatic heterocycles. The maximum absolute atomic E-state index is 13.7. The molecule has 3 N–H and O–H groups in total. The van der Waals surface area contributed by atoms with Crippen molar-refractivity contribution in [1.82, 2.24) is 10.3 Å². The van der Waals surface area contributed by atoms with Crippen LogP contribution < -0.4 is 10.7 Å². The van der Waals surface area contributed by atoms with Gasteiger partial charge in [0.2, 0.25) is 5.43 Å². The van der Waals surface area contributed by atoms with E-state index in [-0.39, 0.29) is 28.8 Å². The number of rotatable bonds is 3. The molecule has 0 aliphatic rings. The second-order valence-corrected chi connectivity index (χ2v) is 5.63. The molecule has 1 heterocycles. The smallest absolute Gasteiger partial charge is 0.257 e. The Morgan fingerprint density at radius 1 is 1.25 bits per heavy atom. The molecule has 0 unspecified atom stereocenters. The van der Waals surface area contributed by atoms with E-state index in [0.29, 0.717) is 5.02 Å². The highest BCUT2D eigenvalue weighted by Crippen LogP contribution is 2.19. The summed E-state index contributed by atoms with van der Waals surface area (Å²) < 4.78 is 13.7. The quantitative estimate of drug-likeness (QED) is 0.682. The molecular weight excluding hydrogens is 335 g/mol. The summed E-state index contributed by atoms with van der Waals surface area (Å²) in [6.45, 7) is 0.210. The van der Waals surface area contributed by atoms with Crippen molar-refractivity contribution < 1.29 is 14.3 Å². The van der Waals surface area contributed by atoms with Crippen molar-refractivity contribution in [2.75, 3.05) is 0 Å². The van der Waals surface area contributed by atoms with Crippen LogP contribution >= 0.6 is 11.6 Å². The molecule has 24 heavy (non-hydrogen) atoms. The number of phenolic OH excluding ortho intramolecular Hbond substituents is 1. The Bertz CT molecular complexity index is 984. The molecule has 0 aliphatic heterocycles. The maximum Gasteiger partial charge on any atom is 0.257 e. The van der Waals surface area contributed by atoms with Crippen LogP contribution in [0.25, 0.3) is 10.9 Å². The fourth-order valence-corrected chi connectivity index (χ4v) is 2.45. The summed E-state index contributed by atoms with van der Waals surface area (Å²) in [7, 11) is 0. The predicted octanol–water partition coefficient (Wildman–Crippen LogP) is 2.96. The lowest BCUT2D eigenvalue weighted by molar-refractivity contribution is 0.0949. The van der Waals surface area contributed by atoms with Gasteiger partial charge in [-0.25, -0.2) is 4.39 Å². The molecule has 3 aromatic rings. The molecule has 0 saturated carbocycles. The number of nitrogens with one attached hydrogen (secondary N) is 2. The van der Waals surface area contributed by atoms with Gasteiger partial charge >= 0.3 is 0 Å². The molecule has 0 fully saturated rings. The van der Waals surface area contributed by atoms with Crippen molar-refractivity contribution in [1.29, 1.82) is 0 Å². The lowest BCUT2D eigenvalue weighted by Gasteiger charge is -2.07. The van der Waals surface area contributed by atoms with E-state index in [4.69, 9.17) is 11.6 Å². The molecule has 0 spiro atoms. The number of H-pyrrole nitrogens is 1. The van der Waals surface area contributed by atoms with Gasteiger partial charge < -0.3 is 15.4 Å². The van der Waals surface area contributed by atoms with Gasteiger partial charge in [-0.05, 0) is 23.8 Å². The number of hydrogen-bond acceptors (Lipinski definition) is 3. The summed E-state index contributed by atoms with van der Waals surface area (Å²) >= 11 is 5.79. The van der Waals surface area contributed by atoms with Gasteiger partial charge in [-0.2, -0.15) is 0 Å². The zero-order chi connectivity index (χ0) is 17.3. The molecule has 0 bridgehead atoms. The van der Waals surface area contributed by atoms with E-state index in [1.165, 1.54) is 0 Å². The van der Waals surface area contributed by atoms with Gasteiger partial charge in [0.15, 0.2) is 5.82 Å². The number of carbonyl (C=O) groups is 1. The topological polar surface area (TPSA) is 82.2 Å². The van der Waals surface area contributed by atoms with Crippen LogP contribution in [-0.4, -0.2) is 16.0 Å². The van der Waals surface area contributed by atoms with Gasteiger partial charge in [-0.1, -0.05) is 23.7 Å². The zero-order valence-electron chi connectivity index (χ0n) is 12.3. The summed E-state index contributed by atoms with van der Waals surface area (Å²) in [5, 5.41) is 12.5. The fraction of sp³-hybridized carbons (Fsp3) is 0.0588. The molecular formula is C17H12ClFN2O3. The number of hydrogen-bond donors (Lipinski definition) is 3. The molecule has 3 rings (SSSR count). The lowest BCUT2D eigenvalue weighted by atomic mass is 10.1. The van der Waals surface area contributed by atoms with Crippen molar-refractivity contribution in [3.8, 4) is 5.75 Å². The Morgan fingerprint density at radius 3 is 2.67 bits per heavy atom. The van der Waals surface area contributed by atoms with Crippen molar-refractivity contribution in [2.45, 2.75) is 6.54 Å². The molecule has 5 nitrogen and oxygen atoms in total. The van der Waals surface area contributed by atoms with E-state index in [9.17, 15) is 19.1 Å². The van der Waals surface area contributed by atoms with Crippen LogP contribution in [0.5, 0.6) is 5.75 Å². The standard InChI is InChI=1S/C17H12ClFN2O3/c18-10-3-1-9(2-4-10)7-21-17(24)13-8-20-15-12(16(13)23)5-11(22)6-14(15)19/h1-6,8,22H,7H2,(H,20,23)(H,21,24). The van der Waals surface area contributed by atoms with Crippen molar-refractivity contribution >= 4 is 28.4 Å². The van der Waals surface area contributed by atoms with Crippen LogP contribution in [0.2, 0.25) is 5.02 Å². The molecule has 1 amide bonds. The Balaban J connectivity index is 1.88. The van der Waals surface area contributed by atoms with Gasteiger partial charge in [-0.3, -0.25) is 9.59 Å². The van der Waals surface area contributed by atoms with Gasteiger partial charge in [0, 0.05) is 23.8 Å². The van der Waals surface area contributed by atoms with E-state index in [2.05, 4.69) is 10.3 Å². The number of phenols is 1. The van der Waals surface area contributed by atoms with Gasteiger partial charge in [-0.15, -0.1) is 0 Å². The first-order valence-corrected chi connectivity index (χ1v) is 7.40. The Kier molecular flexibility index (Phi) is 4.22. The Labute approximate surface area is 140 Å². The fourth-order valence-electron chi connectivity index (χ4n) is 2.32. The number of aromatic amines is 1. The number of amides is 1. The minimum atomic E-state index is -0.768. The molecule has 0 radical (unpaired) electrons. The SMILES string of the molecule is O=C(NCc1ccc(Cl)cc1)c1c[nH]c2c(F)cc(O)cc2c1=O. The van der Waals surface area contributed by atoms with Crippen molar-refractivity contribution in [3.63, 3.8) is 0 Å². The second-order valence-electron chi connectivity index (χ2n) is 5.19. The third-order valence-electron chi connectivity index (χ3n) is 3.54. The third-order valence-corrected chi connectivity index (χ3v) is 3.79. The summed E-state index contributed by atoms with van der Waals surface area (Å²) in [6.07, 6.45) is 1.15. The van der Waals surface area contributed by atoms with Crippen LogP contribution in [0, 0.1) is 5.82 Å². The molecule has 122 valence electrons. The van der Waals surface area contributed by atoms with E-state index in [1.54, 1.807) is 24.3 Å². The molecule has 2 aromatic carbocycles. The summed E-state index contributed by atoms with van der Waals surface area (Å²) in [5.74, 6) is -1.75. The number of benzene rings is 2. The number of aromatic hydroxyl groups is 1. The highest BCUT2D eigenvalue weighted by atomic mass is 35.5. The minimum Gasteiger partial charge on any atom is -0.508 e. The van der Waals surface area contributed by atoms with E-state index >= 15 is 0 Å². The molecule has 0 aliphatic carbocycles. The largest absolute Gasteiger partial charge is 0.508 e. The van der Waals surface area contributed by atoms with Crippen LogP contribution in [-0.2, 0) is 6.54 Å². The Morgan fingerprint density at radius 2 is 1.96 bits per heavy atom. The first-order chi connectivity index (χ1) is 11.5. The number of halogens is 2. The number of aromatic nitrogens is 1. The predicted molar refractivity (Wildman–Crippen MR) is 88.8 cm³/mol. The summed E-state index contributed by atoms with van der Waals surface area (Å²) in [5.41, 5.74) is -0.0747. The average Bonchev–Trinajstić information content (AvgIpc) is 2.55. The highest BCUT2D eigenvalue weighted by molar-refractivity contribution is 6.30. The lowest BCUT2D eigenvalue weighted by Crippen LogP contribution is -2.28. The molecule has 7 heteroatoms. The van der Waals surface area contributed by atoms with Crippen molar-refractivity contribution in [3.05, 3.63) is 74.8 Å². The van der Waals surface area contributed by atoms with E-state index < -0.39 is 17.2 Å². The summed E-state index contributed by atoms with van der Waals surface area (Å²) in [4.78, 5) is 27.1. The summed E-state index contributed by atoms with van der Waals surface area (Å²) in [6, 6.07) is 8.89. The monoisotopic (exact) mass is 346 g/mol. The van der Waals surface area contributed by atoms with Crippen molar-refractivity contribution in [2.24, 2.45) is 0 Å². The van der Waals surface area contributed by atoms with Crippen LogP contribution in [0.15, 0.2) is 47.4 Å². The Hall–Kier alpha value is -2.86. The van der Waals surface area contributed by atoms with Crippen LogP contribution in [0.3, 0.4) is 0 Å². The minimum absolute atomic E-state index is 0.0629. The first kappa shape index (κ1) is 16.0. The number of carbonyl (C=O) groups excluding carboxylic acids is 1. The number of pyridine rings is 1. The second kappa shape index (κ2) is 6.33. The van der Waals surface area contributed by atoms with E-state index in [0.717, 1.165) is 23.9 Å². The maximum atomic E-state index is 13.7. The third kappa shape index (κ3) is 3.09. The van der Waals surface area contributed by atoms with Gasteiger partial charge in [0.25, 0.3) is 5.91 Å². The van der Waals surface area contributed by atoms with E-state index in [1.807, 2.05) is 0 Å². The molecule has 0 atom stereocenters. The zero-order valence-corrected chi connectivity index (χ0v) is 13.0. The van der Waals surface area contributed by atoms with Crippen LogP contribution in [0.4, 0.5) is 4.39 Å². The average molecular weight is 347 g/mol. The van der Waals surface area contributed by atoms with Gasteiger partial charge in [0.1, 0.15) is 11.3 Å². The normalized spacial score (nSPS) is 10.8.